The van der Waals surface area contributed by atoms with Crippen LogP contribution < -0.4 is 10.2 Å². The fourth-order valence-corrected chi connectivity index (χ4v) is 5.04. The van der Waals surface area contributed by atoms with Crippen LogP contribution in [0.2, 0.25) is 0 Å². The van der Waals surface area contributed by atoms with E-state index in [1.54, 1.807) is 12.1 Å². The van der Waals surface area contributed by atoms with E-state index in [4.69, 9.17) is 0 Å². The third kappa shape index (κ3) is 5.53. The molecule has 0 radical (unpaired) electrons. The van der Waals surface area contributed by atoms with Crippen molar-refractivity contribution < 1.29 is 9.18 Å². The summed E-state index contributed by atoms with van der Waals surface area (Å²) < 4.78 is 13.1. The van der Waals surface area contributed by atoms with Crippen molar-refractivity contribution in [2.24, 2.45) is 0 Å². The van der Waals surface area contributed by atoms with Crippen LogP contribution in [0.25, 0.3) is 0 Å². The van der Waals surface area contributed by atoms with Gasteiger partial charge in [0.15, 0.2) is 0 Å². The molecule has 0 spiro atoms. The first-order chi connectivity index (χ1) is 15.5. The fourth-order valence-electron chi connectivity index (χ4n) is 4.02. The summed E-state index contributed by atoms with van der Waals surface area (Å²) >= 11 is 1.41. The molecule has 1 fully saturated rings. The molecular weight excluding hydrogens is 423 g/mol. The summed E-state index contributed by atoms with van der Waals surface area (Å²) in [6, 6.07) is 17.2. The van der Waals surface area contributed by atoms with Gasteiger partial charge in [0.1, 0.15) is 10.7 Å². The van der Waals surface area contributed by atoms with E-state index in [-0.39, 0.29) is 17.8 Å². The predicted octanol–water partition coefficient (Wildman–Crippen LogP) is 4.12. The lowest BCUT2D eigenvalue weighted by Crippen LogP contribution is -2.52. The second-order valence-corrected chi connectivity index (χ2v) is 9.33. The van der Waals surface area contributed by atoms with Gasteiger partial charge in [-0.1, -0.05) is 30.3 Å². The van der Waals surface area contributed by atoms with Gasteiger partial charge in [-0.25, -0.2) is 9.37 Å². The van der Waals surface area contributed by atoms with Crippen molar-refractivity contribution in [1.29, 1.82) is 0 Å². The maximum Gasteiger partial charge on any atom is 0.263 e. The van der Waals surface area contributed by atoms with Crippen LogP contribution in [0.5, 0.6) is 0 Å². The lowest BCUT2D eigenvalue weighted by atomic mass is 10.1. The number of hydrogen-bond acceptors (Lipinski definition) is 5. The van der Waals surface area contributed by atoms with Crippen molar-refractivity contribution in [2.45, 2.75) is 26.3 Å². The molecule has 1 N–H and O–H groups in total. The number of rotatable bonds is 7. The van der Waals surface area contributed by atoms with Gasteiger partial charge in [-0.2, -0.15) is 0 Å². The molecule has 0 saturated carbocycles. The Morgan fingerprint density at radius 3 is 2.47 bits per heavy atom. The standard InChI is InChI=1S/C25H29FN4OS/c1-18(29-12-14-30(15-13-29)22-6-4-3-5-7-22)17-27-25(31)24-19(2)28-23(32-24)16-20-8-10-21(26)11-9-20/h3-11,18H,12-17H2,1-2H3,(H,27,31). The Bertz CT molecular complexity index is 1030. The first kappa shape index (κ1) is 22.4. The van der Waals surface area contributed by atoms with Crippen molar-refractivity contribution in [3.05, 3.63) is 81.6 Å². The molecule has 0 bridgehead atoms. The average Bonchev–Trinajstić information content (AvgIpc) is 3.19. The molecule has 1 atom stereocenters. The summed E-state index contributed by atoms with van der Waals surface area (Å²) in [7, 11) is 0. The van der Waals surface area contributed by atoms with Crippen LogP contribution in [0, 0.1) is 12.7 Å². The third-order valence-corrected chi connectivity index (χ3v) is 7.09. The zero-order valence-corrected chi connectivity index (χ0v) is 19.4. The molecule has 1 saturated heterocycles. The van der Waals surface area contributed by atoms with E-state index in [1.165, 1.54) is 29.2 Å². The van der Waals surface area contributed by atoms with Gasteiger partial charge in [-0.15, -0.1) is 11.3 Å². The van der Waals surface area contributed by atoms with Crippen LogP contribution in [0.3, 0.4) is 0 Å². The molecule has 2 aromatic carbocycles. The number of aromatic nitrogens is 1. The van der Waals surface area contributed by atoms with E-state index in [1.807, 2.05) is 13.0 Å². The second kappa shape index (κ2) is 10.2. The quantitative estimate of drug-likeness (QED) is 0.586. The number of halogens is 1. The molecule has 7 heteroatoms. The summed E-state index contributed by atoms with van der Waals surface area (Å²) in [4.78, 5) is 22.8. The minimum Gasteiger partial charge on any atom is -0.369 e. The zero-order valence-electron chi connectivity index (χ0n) is 18.6. The first-order valence-corrected chi connectivity index (χ1v) is 11.8. The number of amides is 1. The topological polar surface area (TPSA) is 48.5 Å². The maximum atomic E-state index is 13.1. The monoisotopic (exact) mass is 452 g/mol. The van der Waals surface area contributed by atoms with E-state index in [0.717, 1.165) is 42.4 Å². The van der Waals surface area contributed by atoms with E-state index in [9.17, 15) is 9.18 Å². The second-order valence-electron chi connectivity index (χ2n) is 8.24. The molecule has 1 aliphatic heterocycles. The maximum absolute atomic E-state index is 13.1. The van der Waals surface area contributed by atoms with Crippen LogP contribution in [0.4, 0.5) is 10.1 Å². The van der Waals surface area contributed by atoms with E-state index < -0.39 is 0 Å². The number of anilines is 1. The fraction of sp³-hybridized carbons (Fsp3) is 0.360. The van der Waals surface area contributed by atoms with Gasteiger partial charge in [-0.3, -0.25) is 9.69 Å². The minimum absolute atomic E-state index is 0.0693. The van der Waals surface area contributed by atoms with E-state index in [2.05, 4.69) is 51.3 Å². The Labute approximate surface area is 192 Å². The normalized spacial score (nSPS) is 15.5. The Balaban J connectivity index is 1.27. The highest BCUT2D eigenvalue weighted by Crippen LogP contribution is 2.21. The number of hydrogen-bond donors (Lipinski definition) is 1. The molecule has 3 aromatic rings. The number of carbonyl (C=O) groups is 1. The molecule has 1 aliphatic rings. The van der Waals surface area contributed by atoms with Crippen LogP contribution >= 0.6 is 11.3 Å². The van der Waals surface area contributed by atoms with Gasteiger partial charge in [-0.05, 0) is 43.7 Å². The number of thiazole rings is 1. The highest BCUT2D eigenvalue weighted by atomic mass is 32.1. The van der Waals surface area contributed by atoms with Gasteiger partial charge >= 0.3 is 0 Å². The minimum atomic E-state index is -0.250. The molecule has 1 amide bonds. The first-order valence-electron chi connectivity index (χ1n) is 11.0. The Morgan fingerprint density at radius 2 is 1.78 bits per heavy atom. The van der Waals surface area contributed by atoms with Crippen LogP contribution in [-0.2, 0) is 6.42 Å². The molecule has 0 aliphatic carbocycles. The summed E-state index contributed by atoms with van der Waals surface area (Å²) in [5.74, 6) is -0.320. The molecule has 168 valence electrons. The summed E-state index contributed by atoms with van der Waals surface area (Å²) in [6.45, 7) is 8.57. The molecule has 1 aromatic heterocycles. The predicted molar refractivity (Wildman–Crippen MR) is 128 cm³/mol. The number of piperazine rings is 1. The van der Waals surface area contributed by atoms with Crippen molar-refractivity contribution in [2.75, 3.05) is 37.6 Å². The number of para-hydroxylation sites is 1. The van der Waals surface area contributed by atoms with Gasteiger partial charge in [0.2, 0.25) is 0 Å². The van der Waals surface area contributed by atoms with Crippen LogP contribution in [-0.4, -0.2) is 54.6 Å². The Kier molecular flexibility index (Phi) is 7.17. The molecule has 5 nitrogen and oxygen atoms in total. The van der Waals surface area contributed by atoms with Crippen molar-refractivity contribution in [3.8, 4) is 0 Å². The molecule has 32 heavy (non-hydrogen) atoms. The lowest BCUT2D eigenvalue weighted by molar-refractivity contribution is 0.0937. The molecule has 1 unspecified atom stereocenters. The number of aryl methyl sites for hydroxylation is 1. The summed E-state index contributed by atoms with van der Waals surface area (Å²) in [6.07, 6.45) is 0.598. The summed E-state index contributed by atoms with van der Waals surface area (Å²) in [5.41, 5.74) is 2.99. The Hall–Kier alpha value is -2.77. The number of nitrogens with one attached hydrogen (secondary N) is 1. The average molecular weight is 453 g/mol. The van der Waals surface area contributed by atoms with E-state index >= 15 is 0 Å². The number of benzene rings is 2. The van der Waals surface area contributed by atoms with Crippen molar-refractivity contribution >= 4 is 22.9 Å². The summed E-state index contributed by atoms with van der Waals surface area (Å²) in [5, 5.41) is 3.96. The van der Waals surface area contributed by atoms with Crippen LogP contribution in [0.15, 0.2) is 54.6 Å². The molecular formula is C25H29FN4OS. The highest BCUT2D eigenvalue weighted by molar-refractivity contribution is 7.13. The van der Waals surface area contributed by atoms with Crippen molar-refractivity contribution in [3.63, 3.8) is 0 Å². The van der Waals surface area contributed by atoms with Gasteiger partial charge < -0.3 is 10.2 Å². The van der Waals surface area contributed by atoms with E-state index in [0.29, 0.717) is 17.8 Å². The number of carbonyl (C=O) groups excluding carboxylic acids is 1. The molecule has 2 heterocycles. The third-order valence-electron chi connectivity index (χ3n) is 5.93. The zero-order chi connectivity index (χ0) is 22.5. The van der Waals surface area contributed by atoms with Gasteiger partial charge in [0.25, 0.3) is 5.91 Å². The SMILES string of the molecule is Cc1nc(Cc2ccc(F)cc2)sc1C(=O)NCC(C)N1CCN(c2ccccc2)CC1. The van der Waals surface area contributed by atoms with Crippen LogP contribution in [0.1, 0.15) is 32.9 Å². The smallest absolute Gasteiger partial charge is 0.263 e. The number of nitrogens with zero attached hydrogens (tertiary/aromatic N) is 3. The largest absolute Gasteiger partial charge is 0.369 e. The molecule has 4 rings (SSSR count). The van der Waals surface area contributed by atoms with Crippen molar-refractivity contribution in [1.82, 2.24) is 15.2 Å². The van der Waals surface area contributed by atoms with Gasteiger partial charge in [0.05, 0.1) is 10.7 Å². The lowest BCUT2D eigenvalue weighted by Gasteiger charge is -2.39. The highest BCUT2D eigenvalue weighted by Gasteiger charge is 2.22. The Morgan fingerprint density at radius 1 is 1.09 bits per heavy atom. The van der Waals surface area contributed by atoms with Gasteiger partial charge in [0, 0.05) is 50.9 Å².